The van der Waals surface area contributed by atoms with Gasteiger partial charge in [-0.3, -0.25) is 4.98 Å². The van der Waals surface area contributed by atoms with Crippen molar-refractivity contribution in [2.45, 2.75) is 6.54 Å². The molecule has 4 nitrogen and oxygen atoms in total. The molecule has 2 aromatic heterocycles. The van der Waals surface area contributed by atoms with Gasteiger partial charge in [-0.05, 0) is 27.6 Å². The SMILES string of the molecule is Brc1cncc(CNc2cncnc2)c1. The van der Waals surface area contributed by atoms with Crippen LogP contribution < -0.4 is 5.32 Å². The summed E-state index contributed by atoms with van der Waals surface area (Å²) >= 11 is 3.37. The standard InChI is InChI=1S/C10H9BrN4/c11-9-1-8(2-12-4-9)3-15-10-5-13-7-14-6-10/h1-2,4-7,15H,3H2. The van der Waals surface area contributed by atoms with Crippen LogP contribution in [0.3, 0.4) is 0 Å². The number of pyridine rings is 1. The van der Waals surface area contributed by atoms with Crippen molar-refractivity contribution in [3.8, 4) is 0 Å². The Morgan fingerprint density at radius 2 is 1.87 bits per heavy atom. The molecular weight excluding hydrogens is 256 g/mol. The number of anilines is 1. The molecule has 0 saturated heterocycles. The van der Waals surface area contributed by atoms with Crippen LogP contribution >= 0.6 is 15.9 Å². The summed E-state index contributed by atoms with van der Waals surface area (Å²) in [6, 6.07) is 2.02. The Morgan fingerprint density at radius 1 is 1.07 bits per heavy atom. The van der Waals surface area contributed by atoms with E-state index in [-0.39, 0.29) is 0 Å². The first-order valence-corrected chi connectivity index (χ1v) is 5.22. The zero-order chi connectivity index (χ0) is 10.5. The first kappa shape index (κ1) is 10.0. The van der Waals surface area contributed by atoms with Crippen LogP contribution in [0, 0.1) is 0 Å². The monoisotopic (exact) mass is 264 g/mol. The van der Waals surface area contributed by atoms with Crippen LogP contribution in [0.5, 0.6) is 0 Å². The van der Waals surface area contributed by atoms with E-state index in [9.17, 15) is 0 Å². The van der Waals surface area contributed by atoms with Gasteiger partial charge < -0.3 is 5.32 Å². The molecule has 2 aromatic rings. The molecule has 1 N–H and O–H groups in total. The maximum Gasteiger partial charge on any atom is 0.115 e. The van der Waals surface area contributed by atoms with Gasteiger partial charge in [0.1, 0.15) is 6.33 Å². The first-order chi connectivity index (χ1) is 7.34. The van der Waals surface area contributed by atoms with Crippen LogP contribution in [0.15, 0.2) is 41.7 Å². The Kier molecular flexibility index (Phi) is 3.24. The molecular formula is C10H9BrN4. The van der Waals surface area contributed by atoms with Gasteiger partial charge in [0.25, 0.3) is 0 Å². The van der Waals surface area contributed by atoms with Crippen molar-refractivity contribution in [1.29, 1.82) is 0 Å². The molecule has 15 heavy (non-hydrogen) atoms. The number of nitrogens with one attached hydrogen (secondary N) is 1. The molecule has 5 heteroatoms. The number of hydrogen-bond donors (Lipinski definition) is 1. The smallest absolute Gasteiger partial charge is 0.115 e. The molecule has 2 rings (SSSR count). The van der Waals surface area contributed by atoms with Crippen LogP contribution in [-0.2, 0) is 6.54 Å². The summed E-state index contributed by atoms with van der Waals surface area (Å²) in [6.07, 6.45) is 8.55. The molecule has 0 aromatic carbocycles. The molecule has 0 saturated carbocycles. The molecule has 0 aliphatic rings. The van der Waals surface area contributed by atoms with E-state index in [1.54, 1.807) is 18.6 Å². The molecule has 0 aliphatic heterocycles. The van der Waals surface area contributed by atoms with Gasteiger partial charge >= 0.3 is 0 Å². The van der Waals surface area contributed by atoms with Crippen molar-refractivity contribution in [2.75, 3.05) is 5.32 Å². The van der Waals surface area contributed by atoms with Crippen molar-refractivity contribution in [1.82, 2.24) is 15.0 Å². The van der Waals surface area contributed by atoms with Crippen LogP contribution in [0.1, 0.15) is 5.56 Å². The molecule has 0 aliphatic carbocycles. The Bertz CT molecular complexity index is 432. The fraction of sp³-hybridized carbons (Fsp3) is 0.100. The summed E-state index contributed by atoms with van der Waals surface area (Å²) in [5, 5.41) is 3.20. The lowest BCUT2D eigenvalue weighted by Crippen LogP contribution is -2.00. The maximum absolute atomic E-state index is 4.08. The van der Waals surface area contributed by atoms with Gasteiger partial charge in [0, 0.05) is 23.4 Å². The molecule has 0 atom stereocenters. The van der Waals surface area contributed by atoms with E-state index < -0.39 is 0 Å². The van der Waals surface area contributed by atoms with Gasteiger partial charge in [0.05, 0.1) is 18.1 Å². The fourth-order valence-corrected chi connectivity index (χ4v) is 1.56. The number of hydrogen-bond acceptors (Lipinski definition) is 4. The second-order valence-electron chi connectivity index (χ2n) is 2.99. The Balaban J connectivity index is 1.99. The molecule has 0 unspecified atom stereocenters. The van der Waals surface area contributed by atoms with Crippen molar-refractivity contribution < 1.29 is 0 Å². The number of aromatic nitrogens is 3. The Hall–Kier alpha value is -1.49. The van der Waals surface area contributed by atoms with E-state index in [4.69, 9.17) is 0 Å². The van der Waals surface area contributed by atoms with Crippen LogP contribution in [-0.4, -0.2) is 15.0 Å². The van der Waals surface area contributed by atoms with Crippen molar-refractivity contribution in [3.63, 3.8) is 0 Å². The zero-order valence-corrected chi connectivity index (χ0v) is 9.48. The lowest BCUT2D eigenvalue weighted by molar-refractivity contribution is 1.08. The summed E-state index contributed by atoms with van der Waals surface area (Å²) in [5.74, 6) is 0. The third kappa shape index (κ3) is 2.99. The molecule has 2 heterocycles. The normalized spacial score (nSPS) is 9.93. The van der Waals surface area contributed by atoms with Crippen LogP contribution in [0.4, 0.5) is 5.69 Å². The average Bonchev–Trinajstić information content (AvgIpc) is 2.28. The van der Waals surface area contributed by atoms with Gasteiger partial charge in [0.15, 0.2) is 0 Å². The first-order valence-electron chi connectivity index (χ1n) is 4.43. The second-order valence-corrected chi connectivity index (χ2v) is 3.91. The fourth-order valence-electron chi connectivity index (χ4n) is 1.15. The highest BCUT2D eigenvalue weighted by Gasteiger charge is 1.95. The van der Waals surface area contributed by atoms with Gasteiger partial charge in [-0.25, -0.2) is 9.97 Å². The summed E-state index contributed by atoms with van der Waals surface area (Å²) < 4.78 is 0.978. The van der Waals surface area contributed by atoms with E-state index >= 15 is 0 Å². The van der Waals surface area contributed by atoms with Gasteiger partial charge in [0.2, 0.25) is 0 Å². The molecule has 0 spiro atoms. The van der Waals surface area contributed by atoms with E-state index in [0.29, 0.717) is 6.54 Å². The lowest BCUT2D eigenvalue weighted by atomic mass is 10.3. The summed E-state index contributed by atoms with van der Waals surface area (Å²) in [4.78, 5) is 11.9. The minimum Gasteiger partial charge on any atom is -0.378 e. The van der Waals surface area contributed by atoms with E-state index in [0.717, 1.165) is 15.7 Å². The quantitative estimate of drug-likeness (QED) is 0.924. The number of nitrogens with zero attached hydrogens (tertiary/aromatic N) is 3. The molecule has 0 radical (unpaired) electrons. The van der Waals surface area contributed by atoms with E-state index in [2.05, 4.69) is 36.2 Å². The number of halogens is 1. The predicted octanol–water partition coefficient (Wildman–Crippen LogP) is 2.25. The minimum atomic E-state index is 0.708. The van der Waals surface area contributed by atoms with Crippen LogP contribution in [0.25, 0.3) is 0 Å². The van der Waals surface area contributed by atoms with Gasteiger partial charge in [-0.2, -0.15) is 0 Å². The lowest BCUT2D eigenvalue weighted by Gasteiger charge is -2.04. The van der Waals surface area contributed by atoms with E-state index in [1.165, 1.54) is 6.33 Å². The van der Waals surface area contributed by atoms with Gasteiger partial charge in [-0.15, -0.1) is 0 Å². The molecule has 0 bridgehead atoms. The minimum absolute atomic E-state index is 0.708. The van der Waals surface area contributed by atoms with Gasteiger partial charge in [-0.1, -0.05) is 0 Å². The zero-order valence-electron chi connectivity index (χ0n) is 7.89. The summed E-state index contributed by atoms with van der Waals surface area (Å²) in [6.45, 7) is 0.708. The topological polar surface area (TPSA) is 50.7 Å². The maximum atomic E-state index is 4.08. The largest absolute Gasteiger partial charge is 0.378 e. The number of rotatable bonds is 3. The summed E-state index contributed by atoms with van der Waals surface area (Å²) in [7, 11) is 0. The molecule has 0 fully saturated rings. The van der Waals surface area contributed by atoms with Crippen LogP contribution in [0.2, 0.25) is 0 Å². The highest BCUT2D eigenvalue weighted by atomic mass is 79.9. The molecule has 76 valence electrons. The van der Waals surface area contributed by atoms with Crippen molar-refractivity contribution >= 4 is 21.6 Å². The predicted molar refractivity (Wildman–Crippen MR) is 61.3 cm³/mol. The highest BCUT2D eigenvalue weighted by molar-refractivity contribution is 9.10. The highest BCUT2D eigenvalue weighted by Crippen LogP contribution is 2.11. The third-order valence-corrected chi connectivity index (χ3v) is 2.25. The Labute approximate surface area is 95.9 Å². The average molecular weight is 265 g/mol. The Morgan fingerprint density at radius 3 is 2.60 bits per heavy atom. The summed E-state index contributed by atoms with van der Waals surface area (Å²) in [5.41, 5.74) is 2.01. The second kappa shape index (κ2) is 4.84. The van der Waals surface area contributed by atoms with E-state index in [1.807, 2.05) is 12.3 Å². The van der Waals surface area contributed by atoms with Crippen molar-refractivity contribution in [2.24, 2.45) is 0 Å². The van der Waals surface area contributed by atoms with Crippen molar-refractivity contribution in [3.05, 3.63) is 47.2 Å². The third-order valence-electron chi connectivity index (χ3n) is 1.82. The molecule has 0 amide bonds.